The monoisotopic (exact) mass is 595 g/mol. The van der Waals surface area contributed by atoms with Gasteiger partial charge in [0, 0.05) is 32.2 Å². The number of hydrogen-bond acceptors (Lipinski definition) is 7. The summed E-state index contributed by atoms with van der Waals surface area (Å²) in [5.41, 5.74) is -0.354. The number of carbonyl (C=O) groups excluding carboxylic acids is 4. The van der Waals surface area contributed by atoms with Gasteiger partial charge in [-0.25, -0.2) is 0 Å². The third kappa shape index (κ3) is 6.55. The van der Waals surface area contributed by atoms with Crippen molar-refractivity contribution in [1.29, 1.82) is 0 Å². The maximum Gasteiger partial charge on any atom is 0.306 e. The number of nitrogens with one attached hydrogen (secondary N) is 1. The van der Waals surface area contributed by atoms with E-state index in [1.54, 1.807) is 22.0 Å². The Balaban J connectivity index is 1.62. The smallest absolute Gasteiger partial charge is 0.306 e. The van der Waals surface area contributed by atoms with E-state index < -0.39 is 41.6 Å². The first-order valence-corrected chi connectivity index (χ1v) is 15.3. The molecule has 3 amide bonds. The zero-order chi connectivity index (χ0) is 31.1. The van der Waals surface area contributed by atoms with E-state index in [2.05, 4.69) is 18.5 Å². The molecule has 43 heavy (non-hydrogen) atoms. The lowest BCUT2D eigenvalue weighted by atomic mass is 9.70. The quantitative estimate of drug-likeness (QED) is 0.171. The Morgan fingerprint density at radius 1 is 1.21 bits per heavy atom. The lowest BCUT2D eigenvalue weighted by Crippen LogP contribution is -2.57. The Morgan fingerprint density at radius 3 is 2.60 bits per heavy atom. The highest BCUT2D eigenvalue weighted by molar-refractivity contribution is 5.99. The molecule has 10 heteroatoms. The number of amides is 3. The molecule has 3 saturated heterocycles. The van der Waals surface area contributed by atoms with Crippen LogP contribution in [-0.4, -0.2) is 88.7 Å². The van der Waals surface area contributed by atoms with Crippen molar-refractivity contribution in [2.75, 3.05) is 26.3 Å². The molecular formula is C33H45N3O7. The fourth-order valence-corrected chi connectivity index (χ4v) is 6.86. The number of nitrogens with zero attached hydrogens (tertiary/aromatic N) is 2. The average molecular weight is 596 g/mol. The number of unbranched alkanes of at least 4 members (excludes halogenated alkanes) is 1. The molecule has 2 bridgehead atoms. The van der Waals surface area contributed by atoms with Gasteiger partial charge in [-0.3, -0.25) is 19.2 Å². The van der Waals surface area contributed by atoms with Crippen LogP contribution in [0.4, 0.5) is 0 Å². The second kappa shape index (κ2) is 14.3. The molecule has 1 aromatic carbocycles. The van der Waals surface area contributed by atoms with Gasteiger partial charge in [-0.15, -0.1) is 13.2 Å². The minimum absolute atomic E-state index is 0.0214. The van der Waals surface area contributed by atoms with Crippen LogP contribution >= 0.6 is 0 Å². The third-order valence-corrected chi connectivity index (χ3v) is 8.86. The number of aliphatic hydroxyl groups excluding tert-OH is 1. The number of fused-ring (bicyclic) bond motifs is 1. The number of likely N-dealkylation sites (tertiary alicyclic amines) is 1. The Morgan fingerprint density at radius 2 is 1.95 bits per heavy atom. The van der Waals surface area contributed by atoms with Crippen molar-refractivity contribution in [2.45, 2.75) is 82.2 Å². The van der Waals surface area contributed by atoms with Gasteiger partial charge in [-0.2, -0.15) is 0 Å². The van der Waals surface area contributed by atoms with Crippen LogP contribution in [0.3, 0.4) is 0 Å². The first-order valence-electron chi connectivity index (χ1n) is 15.3. The minimum Gasteiger partial charge on any atom is -0.463 e. The summed E-state index contributed by atoms with van der Waals surface area (Å²) >= 11 is 0. The molecule has 6 atom stereocenters. The number of esters is 1. The van der Waals surface area contributed by atoms with Gasteiger partial charge in [-0.1, -0.05) is 42.5 Å². The molecule has 4 rings (SSSR count). The van der Waals surface area contributed by atoms with E-state index in [9.17, 15) is 24.3 Å². The Kier molecular flexibility index (Phi) is 10.8. The van der Waals surface area contributed by atoms with Gasteiger partial charge in [0.15, 0.2) is 0 Å². The molecule has 3 heterocycles. The van der Waals surface area contributed by atoms with Gasteiger partial charge >= 0.3 is 5.97 Å². The van der Waals surface area contributed by atoms with E-state index in [-0.39, 0.29) is 49.9 Å². The molecule has 2 N–H and O–H groups in total. The molecule has 0 saturated carbocycles. The predicted octanol–water partition coefficient (Wildman–Crippen LogP) is 2.92. The summed E-state index contributed by atoms with van der Waals surface area (Å²) in [5, 5.41) is 12.4. The van der Waals surface area contributed by atoms with Gasteiger partial charge in [0.2, 0.25) is 17.7 Å². The summed E-state index contributed by atoms with van der Waals surface area (Å²) in [4.78, 5) is 57.9. The summed E-state index contributed by atoms with van der Waals surface area (Å²) in [6.45, 7) is 11.8. The number of hydrogen-bond donors (Lipinski definition) is 2. The largest absolute Gasteiger partial charge is 0.463 e. The summed E-state index contributed by atoms with van der Waals surface area (Å²) < 4.78 is 12.1. The van der Waals surface area contributed by atoms with Crippen molar-refractivity contribution >= 4 is 23.7 Å². The number of rotatable bonds is 16. The molecule has 234 valence electrons. The molecule has 1 spiro atoms. The van der Waals surface area contributed by atoms with Gasteiger partial charge in [-0.05, 0) is 51.5 Å². The Labute approximate surface area is 254 Å². The normalized spacial score (nSPS) is 26.2. The summed E-state index contributed by atoms with van der Waals surface area (Å²) in [6.07, 6.45) is 5.52. The Bertz CT molecular complexity index is 1190. The van der Waals surface area contributed by atoms with Crippen LogP contribution in [0.2, 0.25) is 0 Å². The first-order chi connectivity index (χ1) is 20.7. The van der Waals surface area contributed by atoms with E-state index in [0.717, 1.165) is 5.56 Å². The topological polar surface area (TPSA) is 125 Å². The molecule has 0 radical (unpaired) electrons. The van der Waals surface area contributed by atoms with Gasteiger partial charge in [0.05, 0.1) is 24.0 Å². The predicted molar refractivity (Wildman–Crippen MR) is 160 cm³/mol. The van der Waals surface area contributed by atoms with Crippen LogP contribution in [0.15, 0.2) is 55.6 Å². The summed E-state index contributed by atoms with van der Waals surface area (Å²) in [7, 11) is 0. The zero-order valence-electron chi connectivity index (χ0n) is 25.3. The van der Waals surface area contributed by atoms with Crippen LogP contribution in [0.25, 0.3) is 0 Å². The van der Waals surface area contributed by atoms with Gasteiger partial charge < -0.3 is 29.7 Å². The Hall–Kier alpha value is -3.50. The highest BCUT2D eigenvalue weighted by atomic mass is 16.5. The van der Waals surface area contributed by atoms with Gasteiger partial charge in [0.1, 0.15) is 18.2 Å². The van der Waals surface area contributed by atoms with Crippen molar-refractivity contribution in [3.8, 4) is 0 Å². The van der Waals surface area contributed by atoms with E-state index in [4.69, 9.17) is 9.47 Å². The highest BCUT2D eigenvalue weighted by Crippen LogP contribution is 2.58. The van der Waals surface area contributed by atoms with Crippen molar-refractivity contribution in [1.82, 2.24) is 15.1 Å². The molecule has 0 aromatic heterocycles. The summed E-state index contributed by atoms with van der Waals surface area (Å²) in [6, 6.07) is 7.61. The van der Waals surface area contributed by atoms with Crippen LogP contribution < -0.4 is 5.32 Å². The maximum atomic E-state index is 14.2. The molecular weight excluding hydrogens is 550 g/mol. The van der Waals surface area contributed by atoms with E-state index in [0.29, 0.717) is 38.6 Å². The number of ether oxygens (including phenoxy) is 2. The summed E-state index contributed by atoms with van der Waals surface area (Å²) in [5.74, 6) is -2.86. The van der Waals surface area contributed by atoms with Crippen molar-refractivity contribution in [3.05, 3.63) is 61.2 Å². The lowest BCUT2D eigenvalue weighted by Gasteiger charge is -2.38. The second-order valence-corrected chi connectivity index (χ2v) is 11.9. The first kappa shape index (κ1) is 32.4. The maximum absolute atomic E-state index is 14.2. The molecule has 0 aliphatic carbocycles. The van der Waals surface area contributed by atoms with E-state index in [1.165, 1.54) is 0 Å². The van der Waals surface area contributed by atoms with Crippen molar-refractivity contribution in [3.63, 3.8) is 0 Å². The standard InChI is InChI=1S/C33H45N3O7/c1-5-7-15-26(38)42-21-24(23-13-9-8-10-14-23)34-30(39)27-25-16-17-33(43-25)28(27)31(40)36(19-11-12-20-37)29(33)32(41)35(18-6-2)22(3)4/h5-6,8-10,13-14,22,24-25,27-29,37H,1-2,7,11-12,15-21H2,3-4H3,(H,34,39)/t24-,25-,27+,28+,29-,33+/m1/s1. The zero-order valence-corrected chi connectivity index (χ0v) is 25.3. The molecule has 3 aliphatic heterocycles. The van der Waals surface area contributed by atoms with Gasteiger partial charge in [0.25, 0.3) is 0 Å². The molecule has 3 fully saturated rings. The second-order valence-electron chi connectivity index (χ2n) is 11.9. The fraction of sp³-hybridized carbons (Fsp3) is 0.576. The number of aliphatic hydroxyl groups is 1. The SMILES string of the molecule is C=CCCC(=O)OC[C@@H](NC(=O)[C@@H]1[C@H]2C(=O)N(CCCCO)[C@H](C(=O)N(CC=C)C(C)C)[C@]23CC[C@H]1O3)c1ccccc1. The van der Waals surface area contributed by atoms with E-state index in [1.807, 2.05) is 44.2 Å². The van der Waals surface area contributed by atoms with Crippen LogP contribution in [-0.2, 0) is 28.7 Å². The van der Waals surface area contributed by atoms with Crippen molar-refractivity contribution in [2.24, 2.45) is 11.8 Å². The highest BCUT2D eigenvalue weighted by Gasteiger charge is 2.74. The average Bonchev–Trinajstić information content (AvgIpc) is 3.64. The molecule has 0 unspecified atom stereocenters. The molecule has 3 aliphatic rings. The van der Waals surface area contributed by atoms with E-state index >= 15 is 0 Å². The number of benzene rings is 1. The molecule has 1 aromatic rings. The number of carbonyl (C=O) groups is 4. The van der Waals surface area contributed by atoms with Crippen LogP contribution in [0.5, 0.6) is 0 Å². The minimum atomic E-state index is -1.12. The lowest BCUT2D eigenvalue weighted by molar-refractivity contribution is -0.149. The van der Waals surface area contributed by atoms with Crippen LogP contribution in [0.1, 0.15) is 64.0 Å². The van der Waals surface area contributed by atoms with Crippen molar-refractivity contribution < 1.29 is 33.8 Å². The molecule has 10 nitrogen and oxygen atoms in total. The number of allylic oxidation sites excluding steroid dienone is 1. The third-order valence-electron chi connectivity index (χ3n) is 8.86. The van der Waals surface area contributed by atoms with Crippen LogP contribution in [0, 0.1) is 11.8 Å². The fourth-order valence-electron chi connectivity index (χ4n) is 6.86.